The highest BCUT2D eigenvalue weighted by Crippen LogP contribution is 2.32. The molecule has 1 unspecified atom stereocenters. The lowest BCUT2D eigenvalue weighted by molar-refractivity contribution is 0.395. The van der Waals surface area contributed by atoms with Crippen molar-refractivity contribution >= 4 is 0 Å². The van der Waals surface area contributed by atoms with Gasteiger partial charge in [-0.05, 0) is 25.2 Å². The molecule has 2 aromatic rings. The normalized spacial score (nSPS) is 11.9. The summed E-state index contributed by atoms with van der Waals surface area (Å²) >= 11 is 0. The van der Waals surface area contributed by atoms with E-state index in [1.165, 1.54) is 6.33 Å². The van der Waals surface area contributed by atoms with Crippen LogP contribution in [0.25, 0.3) is 0 Å². The predicted molar refractivity (Wildman–Crippen MR) is 72.5 cm³/mol. The van der Waals surface area contributed by atoms with E-state index in [1.54, 1.807) is 26.6 Å². The molecule has 2 rings (SSSR count). The number of methoxy groups -OCH3 is 2. The molecule has 0 bridgehead atoms. The summed E-state index contributed by atoms with van der Waals surface area (Å²) < 4.78 is 10.7. The quantitative estimate of drug-likeness (QED) is 0.887. The highest BCUT2D eigenvalue weighted by molar-refractivity contribution is 5.45. The fourth-order valence-electron chi connectivity index (χ4n) is 2.03. The Kier molecular flexibility index (Phi) is 4.30. The lowest BCUT2D eigenvalue weighted by Crippen LogP contribution is -2.19. The van der Waals surface area contributed by atoms with Gasteiger partial charge in [0.15, 0.2) is 0 Å². The van der Waals surface area contributed by atoms with Crippen LogP contribution in [0, 0.1) is 0 Å². The van der Waals surface area contributed by atoms with E-state index in [0.717, 1.165) is 22.6 Å². The molecule has 0 amide bonds. The SMILES string of the molecule is CNC(c1cncnc1)c1cc(OC)ccc1OC. The van der Waals surface area contributed by atoms with Gasteiger partial charge in [-0.1, -0.05) is 0 Å². The molecule has 5 heteroatoms. The number of hydrogen-bond donors (Lipinski definition) is 1. The van der Waals surface area contributed by atoms with Crippen molar-refractivity contribution in [3.05, 3.63) is 48.0 Å². The second-order valence-electron chi connectivity index (χ2n) is 4.00. The van der Waals surface area contributed by atoms with Crippen LogP contribution in [-0.4, -0.2) is 31.2 Å². The third kappa shape index (κ3) is 2.82. The first-order chi connectivity index (χ1) is 9.30. The summed E-state index contributed by atoms with van der Waals surface area (Å²) in [6.07, 6.45) is 5.08. The molecule has 1 atom stereocenters. The lowest BCUT2D eigenvalue weighted by atomic mass is 10.00. The Balaban J connectivity index is 2.48. The maximum Gasteiger partial charge on any atom is 0.124 e. The summed E-state index contributed by atoms with van der Waals surface area (Å²) in [7, 11) is 5.18. The molecule has 0 saturated carbocycles. The molecule has 0 fully saturated rings. The maximum atomic E-state index is 5.41. The third-order valence-corrected chi connectivity index (χ3v) is 2.95. The molecule has 100 valence electrons. The lowest BCUT2D eigenvalue weighted by Gasteiger charge is -2.19. The Morgan fingerprint density at radius 1 is 1.11 bits per heavy atom. The molecule has 0 aliphatic heterocycles. The van der Waals surface area contributed by atoms with Crippen molar-refractivity contribution in [1.82, 2.24) is 15.3 Å². The number of aromatic nitrogens is 2. The van der Waals surface area contributed by atoms with Crippen LogP contribution >= 0.6 is 0 Å². The van der Waals surface area contributed by atoms with Gasteiger partial charge in [-0.2, -0.15) is 0 Å². The third-order valence-electron chi connectivity index (χ3n) is 2.95. The summed E-state index contributed by atoms with van der Waals surface area (Å²) in [6, 6.07) is 5.66. The number of benzene rings is 1. The highest BCUT2D eigenvalue weighted by Gasteiger charge is 2.18. The second kappa shape index (κ2) is 6.15. The first-order valence-electron chi connectivity index (χ1n) is 5.94. The van der Waals surface area contributed by atoms with Crippen LogP contribution < -0.4 is 14.8 Å². The minimum Gasteiger partial charge on any atom is -0.497 e. The van der Waals surface area contributed by atoms with Crippen LogP contribution in [-0.2, 0) is 0 Å². The van der Waals surface area contributed by atoms with Crippen molar-refractivity contribution < 1.29 is 9.47 Å². The molecule has 0 spiro atoms. The summed E-state index contributed by atoms with van der Waals surface area (Å²) in [5, 5.41) is 3.25. The maximum absolute atomic E-state index is 5.41. The van der Waals surface area contributed by atoms with Crippen LogP contribution in [0.2, 0.25) is 0 Å². The molecule has 0 saturated heterocycles. The fourth-order valence-corrected chi connectivity index (χ4v) is 2.03. The van der Waals surface area contributed by atoms with Gasteiger partial charge >= 0.3 is 0 Å². The molecule has 0 aliphatic carbocycles. The van der Waals surface area contributed by atoms with Crippen LogP contribution in [0.3, 0.4) is 0 Å². The molecule has 1 heterocycles. The first kappa shape index (κ1) is 13.3. The van der Waals surface area contributed by atoms with Crippen molar-refractivity contribution in [2.24, 2.45) is 0 Å². The largest absolute Gasteiger partial charge is 0.497 e. The highest BCUT2D eigenvalue weighted by atomic mass is 16.5. The monoisotopic (exact) mass is 259 g/mol. The van der Waals surface area contributed by atoms with Crippen molar-refractivity contribution in [2.75, 3.05) is 21.3 Å². The number of nitrogens with zero attached hydrogens (tertiary/aromatic N) is 2. The van der Waals surface area contributed by atoms with E-state index in [9.17, 15) is 0 Å². The number of rotatable bonds is 5. The van der Waals surface area contributed by atoms with Gasteiger partial charge in [0.25, 0.3) is 0 Å². The molecule has 5 nitrogen and oxygen atoms in total. The average molecular weight is 259 g/mol. The van der Waals surface area contributed by atoms with E-state index in [-0.39, 0.29) is 6.04 Å². The molecular weight excluding hydrogens is 242 g/mol. The predicted octanol–water partition coefficient (Wildman–Crippen LogP) is 1.80. The minimum absolute atomic E-state index is 0.0498. The van der Waals surface area contributed by atoms with Gasteiger partial charge < -0.3 is 14.8 Å². The molecule has 1 aromatic carbocycles. The van der Waals surface area contributed by atoms with Gasteiger partial charge in [0.05, 0.1) is 20.3 Å². The van der Waals surface area contributed by atoms with E-state index in [0.29, 0.717) is 0 Å². The minimum atomic E-state index is -0.0498. The van der Waals surface area contributed by atoms with Crippen molar-refractivity contribution in [1.29, 1.82) is 0 Å². The average Bonchev–Trinajstić information content (AvgIpc) is 2.49. The smallest absolute Gasteiger partial charge is 0.124 e. The van der Waals surface area contributed by atoms with Crippen molar-refractivity contribution in [2.45, 2.75) is 6.04 Å². The van der Waals surface area contributed by atoms with Gasteiger partial charge in [0.2, 0.25) is 0 Å². The van der Waals surface area contributed by atoms with Crippen LogP contribution in [0.15, 0.2) is 36.9 Å². The van der Waals surface area contributed by atoms with Crippen molar-refractivity contribution in [3.8, 4) is 11.5 Å². The molecule has 0 aliphatic rings. The van der Waals surface area contributed by atoms with E-state index < -0.39 is 0 Å². The first-order valence-corrected chi connectivity index (χ1v) is 5.94. The molecule has 1 aromatic heterocycles. The Labute approximate surface area is 112 Å². The zero-order valence-electron chi connectivity index (χ0n) is 11.3. The zero-order valence-corrected chi connectivity index (χ0v) is 11.3. The zero-order chi connectivity index (χ0) is 13.7. The Morgan fingerprint density at radius 3 is 2.42 bits per heavy atom. The Hall–Kier alpha value is -2.14. The number of ether oxygens (including phenoxy) is 2. The molecular formula is C14H17N3O2. The van der Waals surface area contributed by atoms with Gasteiger partial charge in [0, 0.05) is 23.5 Å². The summed E-state index contributed by atoms with van der Waals surface area (Å²) in [4.78, 5) is 8.11. The molecule has 1 N–H and O–H groups in total. The van der Waals surface area contributed by atoms with Crippen LogP contribution in [0.1, 0.15) is 17.2 Å². The van der Waals surface area contributed by atoms with E-state index in [1.807, 2.05) is 25.2 Å². The summed E-state index contributed by atoms with van der Waals surface area (Å²) in [5.74, 6) is 1.58. The van der Waals surface area contributed by atoms with Gasteiger partial charge in [-0.25, -0.2) is 9.97 Å². The molecule has 19 heavy (non-hydrogen) atoms. The van der Waals surface area contributed by atoms with Crippen LogP contribution in [0.5, 0.6) is 11.5 Å². The summed E-state index contributed by atoms with van der Waals surface area (Å²) in [5.41, 5.74) is 1.95. The van der Waals surface area contributed by atoms with E-state index >= 15 is 0 Å². The summed E-state index contributed by atoms with van der Waals surface area (Å²) in [6.45, 7) is 0. The van der Waals surface area contributed by atoms with Crippen molar-refractivity contribution in [3.63, 3.8) is 0 Å². The van der Waals surface area contributed by atoms with Crippen LogP contribution in [0.4, 0.5) is 0 Å². The van der Waals surface area contributed by atoms with Gasteiger partial charge in [-0.15, -0.1) is 0 Å². The topological polar surface area (TPSA) is 56.3 Å². The van der Waals surface area contributed by atoms with E-state index in [2.05, 4.69) is 15.3 Å². The number of hydrogen-bond acceptors (Lipinski definition) is 5. The second-order valence-corrected chi connectivity index (χ2v) is 4.00. The Bertz CT molecular complexity index is 531. The standard InChI is InChI=1S/C14H17N3O2/c1-15-14(10-7-16-9-17-8-10)12-6-11(18-2)4-5-13(12)19-3/h4-9,14-15H,1-3H3. The van der Waals surface area contributed by atoms with E-state index in [4.69, 9.17) is 9.47 Å². The van der Waals surface area contributed by atoms with Gasteiger partial charge in [0.1, 0.15) is 17.8 Å². The van der Waals surface area contributed by atoms with Gasteiger partial charge in [-0.3, -0.25) is 0 Å². The number of nitrogens with one attached hydrogen (secondary N) is 1. The molecule has 0 radical (unpaired) electrons. The Morgan fingerprint density at radius 2 is 1.84 bits per heavy atom. The fraction of sp³-hybridized carbons (Fsp3) is 0.286.